The van der Waals surface area contributed by atoms with Gasteiger partial charge in [-0.15, -0.1) is 0 Å². The lowest BCUT2D eigenvalue weighted by Crippen LogP contribution is -2.33. The Morgan fingerprint density at radius 1 is 1.37 bits per heavy atom. The van der Waals surface area contributed by atoms with Crippen molar-refractivity contribution in [2.75, 3.05) is 11.9 Å². The summed E-state index contributed by atoms with van der Waals surface area (Å²) in [6, 6.07) is 7.13. The van der Waals surface area contributed by atoms with E-state index in [0.717, 1.165) is 5.56 Å². The SMILES string of the molecule is Cc1cccc(C(=O)NCC(=O)Nc2ncn[nH]2)c1. The Hall–Kier alpha value is -2.70. The number of H-pyrrole nitrogens is 1. The van der Waals surface area contributed by atoms with E-state index in [1.54, 1.807) is 18.2 Å². The van der Waals surface area contributed by atoms with Crippen LogP contribution in [0, 0.1) is 6.92 Å². The van der Waals surface area contributed by atoms with E-state index in [0.29, 0.717) is 5.56 Å². The Labute approximate surface area is 109 Å². The molecule has 3 N–H and O–H groups in total. The van der Waals surface area contributed by atoms with Crippen molar-refractivity contribution in [1.82, 2.24) is 20.5 Å². The molecule has 0 aliphatic carbocycles. The lowest BCUT2D eigenvalue weighted by Gasteiger charge is -2.05. The first-order valence-electron chi connectivity index (χ1n) is 5.65. The molecule has 2 aromatic rings. The zero-order valence-electron chi connectivity index (χ0n) is 10.3. The van der Waals surface area contributed by atoms with Crippen LogP contribution in [0.1, 0.15) is 15.9 Å². The van der Waals surface area contributed by atoms with Crippen LogP contribution in [0.4, 0.5) is 5.95 Å². The van der Waals surface area contributed by atoms with E-state index in [4.69, 9.17) is 0 Å². The number of aryl methyl sites for hydroxylation is 1. The van der Waals surface area contributed by atoms with Crippen molar-refractivity contribution in [3.63, 3.8) is 0 Å². The van der Waals surface area contributed by atoms with Gasteiger partial charge in [-0.1, -0.05) is 17.7 Å². The van der Waals surface area contributed by atoms with Crippen LogP contribution in [0.2, 0.25) is 0 Å². The van der Waals surface area contributed by atoms with Crippen LogP contribution >= 0.6 is 0 Å². The van der Waals surface area contributed by atoms with E-state index in [1.807, 2.05) is 13.0 Å². The summed E-state index contributed by atoms with van der Waals surface area (Å²) in [4.78, 5) is 27.0. The Morgan fingerprint density at radius 3 is 2.89 bits per heavy atom. The summed E-state index contributed by atoms with van der Waals surface area (Å²) in [5, 5.41) is 11.1. The van der Waals surface area contributed by atoms with Crippen molar-refractivity contribution in [2.24, 2.45) is 0 Å². The van der Waals surface area contributed by atoms with E-state index >= 15 is 0 Å². The van der Waals surface area contributed by atoms with Crippen LogP contribution in [0.3, 0.4) is 0 Å². The molecule has 19 heavy (non-hydrogen) atoms. The Kier molecular flexibility index (Phi) is 3.87. The van der Waals surface area contributed by atoms with Crippen molar-refractivity contribution in [2.45, 2.75) is 6.92 Å². The second-order valence-corrected chi connectivity index (χ2v) is 3.93. The zero-order valence-corrected chi connectivity index (χ0v) is 10.3. The van der Waals surface area contributed by atoms with Gasteiger partial charge in [0.2, 0.25) is 11.9 Å². The normalized spacial score (nSPS) is 9.95. The van der Waals surface area contributed by atoms with Gasteiger partial charge in [0.05, 0.1) is 6.54 Å². The number of hydrogen-bond acceptors (Lipinski definition) is 4. The van der Waals surface area contributed by atoms with E-state index in [-0.39, 0.29) is 24.3 Å². The lowest BCUT2D eigenvalue weighted by molar-refractivity contribution is -0.115. The molecule has 1 aromatic carbocycles. The number of carbonyl (C=O) groups is 2. The molecular weight excluding hydrogens is 246 g/mol. The second-order valence-electron chi connectivity index (χ2n) is 3.93. The average molecular weight is 259 g/mol. The molecule has 0 saturated carbocycles. The standard InChI is InChI=1S/C12H13N5O2/c1-8-3-2-4-9(5-8)11(19)13-6-10(18)16-12-14-7-15-17-12/h2-5,7H,6H2,1H3,(H,13,19)(H2,14,15,16,17,18). The van der Waals surface area contributed by atoms with Gasteiger partial charge in [-0.05, 0) is 19.1 Å². The first kappa shape index (κ1) is 12.7. The van der Waals surface area contributed by atoms with E-state index < -0.39 is 0 Å². The molecule has 0 aliphatic heterocycles. The molecule has 0 bridgehead atoms. The highest BCUT2D eigenvalue weighted by Gasteiger charge is 2.08. The number of rotatable bonds is 4. The molecule has 0 atom stereocenters. The van der Waals surface area contributed by atoms with Crippen molar-refractivity contribution < 1.29 is 9.59 Å². The van der Waals surface area contributed by atoms with Gasteiger partial charge in [-0.2, -0.15) is 10.1 Å². The molecule has 2 amide bonds. The molecule has 7 nitrogen and oxygen atoms in total. The van der Waals surface area contributed by atoms with Crippen LogP contribution in [-0.4, -0.2) is 33.5 Å². The third-order valence-electron chi connectivity index (χ3n) is 2.36. The molecule has 7 heteroatoms. The molecule has 1 heterocycles. The number of nitrogens with one attached hydrogen (secondary N) is 3. The van der Waals surface area contributed by atoms with Crippen molar-refractivity contribution >= 4 is 17.8 Å². The van der Waals surface area contributed by atoms with E-state index in [2.05, 4.69) is 25.8 Å². The third-order valence-corrected chi connectivity index (χ3v) is 2.36. The molecule has 2 rings (SSSR count). The van der Waals surface area contributed by atoms with Gasteiger partial charge in [-0.3, -0.25) is 14.9 Å². The predicted octanol–water partition coefficient (Wildman–Crippen LogP) is 0.482. The maximum Gasteiger partial charge on any atom is 0.251 e. The molecule has 0 radical (unpaired) electrons. The van der Waals surface area contributed by atoms with Crippen LogP contribution in [0.15, 0.2) is 30.6 Å². The molecule has 0 saturated heterocycles. The fourth-order valence-electron chi connectivity index (χ4n) is 1.49. The smallest absolute Gasteiger partial charge is 0.251 e. The summed E-state index contributed by atoms with van der Waals surface area (Å²) in [7, 11) is 0. The fraction of sp³-hybridized carbons (Fsp3) is 0.167. The van der Waals surface area contributed by atoms with Gasteiger partial charge in [-0.25, -0.2) is 5.10 Å². The first-order valence-corrected chi connectivity index (χ1v) is 5.65. The van der Waals surface area contributed by atoms with Crippen LogP contribution in [-0.2, 0) is 4.79 Å². The summed E-state index contributed by atoms with van der Waals surface area (Å²) in [6.45, 7) is 1.76. The number of amides is 2. The number of aromatic amines is 1. The highest BCUT2D eigenvalue weighted by atomic mass is 16.2. The molecule has 0 unspecified atom stereocenters. The molecule has 1 aromatic heterocycles. The fourth-order valence-corrected chi connectivity index (χ4v) is 1.49. The van der Waals surface area contributed by atoms with Crippen molar-refractivity contribution in [3.8, 4) is 0 Å². The number of anilines is 1. The van der Waals surface area contributed by atoms with Gasteiger partial charge < -0.3 is 5.32 Å². The number of carbonyl (C=O) groups excluding carboxylic acids is 2. The Morgan fingerprint density at radius 2 is 2.21 bits per heavy atom. The summed E-state index contributed by atoms with van der Waals surface area (Å²) >= 11 is 0. The Balaban J connectivity index is 1.85. The van der Waals surface area contributed by atoms with Gasteiger partial charge in [0.1, 0.15) is 6.33 Å². The first-order chi connectivity index (χ1) is 9.15. The minimum atomic E-state index is -0.377. The molecule has 0 spiro atoms. The highest BCUT2D eigenvalue weighted by molar-refractivity contribution is 5.98. The van der Waals surface area contributed by atoms with E-state index in [9.17, 15) is 9.59 Å². The summed E-state index contributed by atoms with van der Waals surface area (Å²) in [6.07, 6.45) is 1.28. The molecule has 0 aliphatic rings. The minimum Gasteiger partial charge on any atom is -0.343 e. The maximum atomic E-state index is 11.8. The lowest BCUT2D eigenvalue weighted by atomic mass is 10.1. The number of aromatic nitrogens is 3. The summed E-state index contributed by atoms with van der Waals surface area (Å²) in [5.74, 6) is -0.427. The quantitative estimate of drug-likeness (QED) is 0.743. The van der Waals surface area contributed by atoms with Gasteiger partial charge in [0.25, 0.3) is 5.91 Å². The number of nitrogens with zero attached hydrogens (tertiary/aromatic N) is 2. The van der Waals surface area contributed by atoms with E-state index in [1.165, 1.54) is 6.33 Å². The van der Waals surface area contributed by atoms with Crippen LogP contribution in [0.25, 0.3) is 0 Å². The summed E-state index contributed by atoms with van der Waals surface area (Å²) in [5.41, 5.74) is 1.51. The topological polar surface area (TPSA) is 99.8 Å². The summed E-state index contributed by atoms with van der Waals surface area (Å²) < 4.78 is 0. The van der Waals surface area contributed by atoms with Gasteiger partial charge in [0.15, 0.2) is 0 Å². The average Bonchev–Trinajstić information content (AvgIpc) is 2.88. The minimum absolute atomic E-state index is 0.131. The Bertz CT molecular complexity index is 580. The van der Waals surface area contributed by atoms with Crippen molar-refractivity contribution in [3.05, 3.63) is 41.7 Å². The zero-order chi connectivity index (χ0) is 13.7. The number of benzene rings is 1. The maximum absolute atomic E-state index is 11.8. The van der Waals surface area contributed by atoms with Crippen molar-refractivity contribution in [1.29, 1.82) is 0 Å². The van der Waals surface area contributed by atoms with Gasteiger partial charge in [0, 0.05) is 5.56 Å². The molecular formula is C12H13N5O2. The molecule has 98 valence electrons. The molecule has 0 fully saturated rings. The third kappa shape index (κ3) is 3.63. The largest absolute Gasteiger partial charge is 0.343 e. The number of hydrogen-bond donors (Lipinski definition) is 3. The second kappa shape index (κ2) is 5.76. The van der Waals surface area contributed by atoms with Crippen LogP contribution < -0.4 is 10.6 Å². The predicted molar refractivity (Wildman–Crippen MR) is 68.5 cm³/mol. The highest BCUT2D eigenvalue weighted by Crippen LogP contribution is 2.03. The monoisotopic (exact) mass is 259 g/mol. The van der Waals surface area contributed by atoms with Gasteiger partial charge >= 0.3 is 0 Å². The van der Waals surface area contributed by atoms with Crippen LogP contribution in [0.5, 0.6) is 0 Å².